The molecule has 15 heavy (non-hydrogen) atoms. The molecule has 0 spiro atoms. The Bertz CT molecular complexity index is 516. The predicted molar refractivity (Wildman–Crippen MR) is 61.4 cm³/mol. The summed E-state index contributed by atoms with van der Waals surface area (Å²) >= 11 is 1.34. The lowest BCUT2D eigenvalue weighted by atomic mass is 10.2. The molecule has 2 aromatic rings. The molecule has 0 aliphatic carbocycles. The van der Waals surface area contributed by atoms with Gasteiger partial charge in [0.25, 0.3) is 5.56 Å². The molecule has 0 saturated carbocycles. The average Bonchev–Trinajstić information content (AvgIpc) is 2.59. The van der Waals surface area contributed by atoms with Crippen LogP contribution in [0.3, 0.4) is 0 Å². The van der Waals surface area contributed by atoms with E-state index in [2.05, 4.69) is 34.1 Å². The molecule has 0 aliphatic heterocycles. The second-order valence-electron chi connectivity index (χ2n) is 3.68. The van der Waals surface area contributed by atoms with E-state index in [0.717, 1.165) is 11.7 Å². The maximum absolute atomic E-state index is 11.4. The lowest BCUT2D eigenvalue weighted by Crippen LogP contribution is -2.07. The summed E-state index contributed by atoms with van der Waals surface area (Å²) in [5.41, 5.74) is 0.380. The zero-order valence-electron chi connectivity index (χ0n) is 8.57. The van der Waals surface area contributed by atoms with Gasteiger partial charge in [0.1, 0.15) is 4.70 Å². The quantitative estimate of drug-likeness (QED) is 0.827. The van der Waals surface area contributed by atoms with Gasteiger partial charge in [0, 0.05) is 6.54 Å². The van der Waals surface area contributed by atoms with Crippen molar-refractivity contribution in [3.63, 3.8) is 0 Å². The number of aromatic amines is 1. The van der Waals surface area contributed by atoms with Gasteiger partial charge in [-0.3, -0.25) is 4.79 Å². The van der Waals surface area contributed by atoms with E-state index in [1.165, 1.54) is 17.7 Å². The van der Waals surface area contributed by atoms with Crippen molar-refractivity contribution in [2.24, 2.45) is 5.92 Å². The highest BCUT2D eigenvalue weighted by Gasteiger charge is 2.07. The molecule has 2 N–H and O–H groups in total. The first-order valence-corrected chi connectivity index (χ1v) is 5.56. The topological polar surface area (TPSA) is 70.7 Å². The van der Waals surface area contributed by atoms with Gasteiger partial charge >= 0.3 is 0 Å². The molecular weight excluding hydrogens is 212 g/mol. The van der Waals surface area contributed by atoms with Gasteiger partial charge in [-0.05, 0) is 5.92 Å². The SMILES string of the molecule is CC(C)CNc1nc2nc[nH]c(=O)c2s1. The van der Waals surface area contributed by atoms with E-state index >= 15 is 0 Å². The van der Waals surface area contributed by atoms with E-state index in [0.29, 0.717) is 16.3 Å². The van der Waals surface area contributed by atoms with Crippen LogP contribution < -0.4 is 10.9 Å². The number of thiazole rings is 1. The summed E-state index contributed by atoms with van der Waals surface area (Å²) in [6.07, 6.45) is 1.37. The number of fused-ring (bicyclic) bond motifs is 1. The number of H-pyrrole nitrogens is 1. The maximum atomic E-state index is 11.4. The summed E-state index contributed by atoms with van der Waals surface area (Å²) < 4.78 is 0.573. The van der Waals surface area contributed by atoms with Crippen LogP contribution in [0.1, 0.15) is 13.8 Å². The smallest absolute Gasteiger partial charge is 0.270 e. The minimum absolute atomic E-state index is 0.130. The molecule has 0 amide bonds. The Labute approximate surface area is 90.6 Å². The third-order valence-corrected chi connectivity index (χ3v) is 2.86. The molecule has 5 nitrogen and oxygen atoms in total. The van der Waals surface area contributed by atoms with E-state index in [-0.39, 0.29) is 5.56 Å². The molecule has 0 radical (unpaired) electrons. The molecular formula is C9H12N4OS. The summed E-state index contributed by atoms with van der Waals surface area (Å²) in [7, 11) is 0. The summed E-state index contributed by atoms with van der Waals surface area (Å²) in [6, 6.07) is 0. The number of hydrogen-bond donors (Lipinski definition) is 2. The minimum atomic E-state index is -0.130. The van der Waals surface area contributed by atoms with Crippen molar-refractivity contribution in [2.75, 3.05) is 11.9 Å². The van der Waals surface area contributed by atoms with Crippen LogP contribution in [0.5, 0.6) is 0 Å². The highest BCUT2D eigenvalue weighted by atomic mass is 32.1. The van der Waals surface area contributed by atoms with Gasteiger partial charge in [-0.2, -0.15) is 4.98 Å². The maximum Gasteiger partial charge on any atom is 0.270 e. The van der Waals surface area contributed by atoms with E-state index in [1.54, 1.807) is 0 Å². The summed E-state index contributed by atoms with van der Waals surface area (Å²) in [5.74, 6) is 0.545. The minimum Gasteiger partial charge on any atom is -0.361 e. The Morgan fingerprint density at radius 3 is 3.07 bits per heavy atom. The second-order valence-corrected chi connectivity index (χ2v) is 4.68. The molecule has 6 heteroatoms. The number of hydrogen-bond acceptors (Lipinski definition) is 5. The molecule has 0 atom stereocenters. The van der Waals surface area contributed by atoms with Crippen LogP contribution >= 0.6 is 11.3 Å². The fourth-order valence-electron chi connectivity index (χ4n) is 1.13. The first-order valence-electron chi connectivity index (χ1n) is 4.75. The number of anilines is 1. The standard InChI is InChI=1S/C9H12N4OS/c1-5(2)3-10-9-13-7-6(15-9)8(14)12-4-11-7/h4-5H,3H2,1-2H3,(H2,10,11,12,13,14). The highest BCUT2D eigenvalue weighted by molar-refractivity contribution is 7.22. The van der Waals surface area contributed by atoms with Crippen LogP contribution in [0.15, 0.2) is 11.1 Å². The Kier molecular flexibility index (Phi) is 2.68. The Balaban J connectivity index is 2.31. The van der Waals surface area contributed by atoms with Crippen molar-refractivity contribution >= 4 is 26.8 Å². The Morgan fingerprint density at radius 2 is 2.40 bits per heavy atom. The molecule has 0 aromatic carbocycles. The number of nitrogens with one attached hydrogen (secondary N) is 2. The van der Waals surface area contributed by atoms with Crippen molar-refractivity contribution in [2.45, 2.75) is 13.8 Å². The number of nitrogens with zero attached hydrogens (tertiary/aromatic N) is 2. The van der Waals surface area contributed by atoms with Crippen molar-refractivity contribution in [3.05, 3.63) is 16.7 Å². The van der Waals surface area contributed by atoms with E-state index in [1.807, 2.05) is 0 Å². The third-order valence-electron chi connectivity index (χ3n) is 1.86. The molecule has 0 bridgehead atoms. The van der Waals surface area contributed by atoms with Gasteiger partial charge in [0.15, 0.2) is 10.8 Å². The van der Waals surface area contributed by atoms with Crippen molar-refractivity contribution in [1.29, 1.82) is 0 Å². The van der Waals surface area contributed by atoms with Gasteiger partial charge in [-0.1, -0.05) is 25.2 Å². The summed E-state index contributed by atoms with van der Waals surface area (Å²) in [6.45, 7) is 5.08. The van der Waals surface area contributed by atoms with Crippen LogP contribution in [0, 0.1) is 5.92 Å². The van der Waals surface area contributed by atoms with E-state index in [4.69, 9.17) is 0 Å². The van der Waals surface area contributed by atoms with Gasteiger partial charge in [-0.15, -0.1) is 0 Å². The lowest BCUT2D eigenvalue weighted by Gasteiger charge is -2.03. The molecule has 0 saturated heterocycles. The zero-order chi connectivity index (χ0) is 10.8. The molecule has 0 fully saturated rings. The van der Waals surface area contributed by atoms with Gasteiger partial charge in [0.2, 0.25) is 0 Å². The molecule has 0 unspecified atom stereocenters. The van der Waals surface area contributed by atoms with Gasteiger partial charge in [0.05, 0.1) is 6.33 Å². The second kappa shape index (κ2) is 3.98. The van der Waals surface area contributed by atoms with Crippen molar-refractivity contribution in [3.8, 4) is 0 Å². The largest absolute Gasteiger partial charge is 0.361 e. The summed E-state index contributed by atoms with van der Waals surface area (Å²) in [5, 5.41) is 3.93. The van der Waals surface area contributed by atoms with Crippen molar-refractivity contribution < 1.29 is 0 Å². The van der Waals surface area contributed by atoms with E-state index in [9.17, 15) is 4.79 Å². The van der Waals surface area contributed by atoms with Crippen LogP contribution in [-0.4, -0.2) is 21.5 Å². The first kappa shape index (κ1) is 10.1. The normalized spacial score (nSPS) is 11.1. The van der Waals surface area contributed by atoms with E-state index < -0.39 is 0 Å². The van der Waals surface area contributed by atoms with Gasteiger partial charge in [-0.25, -0.2) is 4.98 Å². The zero-order valence-corrected chi connectivity index (χ0v) is 9.39. The van der Waals surface area contributed by atoms with Crippen molar-refractivity contribution in [1.82, 2.24) is 15.0 Å². The van der Waals surface area contributed by atoms with Crippen LogP contribution in [0.4, 0.5) is 5.13 Å². The number of aromatic nitrogens is 3. The number of rotatable bonds is 3. The fourth-order valence-corrected chi connectivity index (χ4v) is 1.95. The molecule has 80 valence electrons. The van der Waals surface area contributed by atoms with Gasteiger partial charge < -0.3 is 10.3 Å². The third kappa shape index (κ3) is 2.15. The average molecular weight is 224 g/mol. The monoisotopic (exact) mass is 224 g/mol. The molecule has 0 aliphatic rings. The Hall–Kier alpha value is -1.43. The van der Waals surface area contributed by atoms with Crippen LogP contribution in [0.2, 0.25) is 0 Å². The van der Waals surface area contributed by atoms with Crippen LogP contribution in [-0.2, 0) is 0 Å². The lowest BCUT2D eigenvalue weighted by molar-refractivity contribution is 0.688. The Morgan fingerprint density at radius 1 is 1.60 bits per heavy atom. The predicted octanol–water partition coefficient (Wildman–Crippen LogP) is 1.45. The molecule has 2 heterocycles. The highest BCUT2D eigenvalue weighted by Crippen LogP contribution is 2.20. The first-order chi connectivity index (χ1) is 7.16. The summed E-state index contributed by atoms with van der Waals surface area (Å²) in [4.78, 5) is 22.1. The molecule has 2 aromatic heterocycles. The fraction of sp³-hybridized carbons (Fsp3) is 0.444. The van der Waals surface area contributed by atoms with Crippen LogP contribution in [0.25, 0.3) is 10.3 Å². The molecule has 2 rings (SSSR count).